The van der Waals surface area contributed by atoms with Crippen LogP contribution >= 0.6 is 0 Å². The highest BCUT2D eigenvalue weighted by Gasteiger charge is 2.26. The first-order chi connectivity index (χ1) is 12.1. The highest BCUT2D eigenvalue weighted by atomic mass is 16.6. The summed E-state index contributed by atoms with van der Waals surface area (Å²) >= 11 is 0. The van der Waals surface area contributed by atoms with Crippen molar-refractivity contribution < 1.29 is 9.72 Å². The van der Waals surface area contributed by atoms with Gasteiger partial charge in [0.15, 0.2) is 0 Å². The lowest BCUT2D eigenvalue weighted by Gasteiger charge is -2.30. The van der Waals surface area contributed by atoms with E-state index in [0.717, 1.165) is 45.2 Å². The van der Waals surface area contributed by atoms with Crippen LogP contribution < -0.4 is 10.2 Å². The molecule has 25 heavy (non-hydrogen) atoms. The Kier molecular flexibility index (Phi) is 5.56. The molecule has 1 heterocycles. The fraction of sp³-hybridized carbons (Fsp3) is 0.632. The van der Waals surface area contributed by atoms with Gasteiger partial charge in [-0.25, -0.2) is 0 Å². The maximum absolute atomic E-state index is 12.6. The topological polar surface area (TPSA) is 75.5 Å². The third-order valence-corrected chi connectivity index (χ3v) is 5.56. The van der Waals surface area contributed by atoms with Crippen molar-refractivity contribution in [1.29, 1.82) is 0 Å². The van der Waals surface area contributed by atoms with Crippen LogP contribution in [-0.2, 0) is 0 Å². The Balaban J connectivity index is 1.78. The van der Waals surface area contributed by atoms with E-state index in [-0.39, 0.29) is 22.6 Å². The fourth-order valence-corrected chi connectivity index (χ4v) is 4.00. The zero-order valence-electron chi connectivity index (χ0n) is 14.9. The summed E-state index contributed by atoms with van der Waals surface area (Å²) in [5.74, 6) is 0.257. The summed E-state index contributed by atoms with van der Waals surface area (Å²) in [6.45, 7) is 3.84. The van der Waals surface area contributed by atoms with Crippen molar-refractivity contribution in [2.75, 3.05) is 18.0 Å². The molecule has 1 saturated heterocycles. The molecule has 0 spiro atoms. The van der Waals surface area contributed by atoms with Crippen molar-refractivity contribution in [1.82, 2.24) is 5.32 Å². The van der Waals surface area contributed by atoms with Gasteiger partial charge in [0.1, 0.15) is 5.69 Å². The van der Waals surface area contributed by atoms with Crippen LogP contribution in [0.3, 0.4) is 0 Å². The maximum Gasteiger partial charge on any atom is 0.293 e. The number of piperidine rings is 1. The molecule has 136 valence electrons. The van der Waals surface area contributed by atoms with Crippen LogP contribution in [0.5, 0.6) is 0 Å². The van der Waals surface area contributed by atoms with E-state index in [2.05, 4.69) is 17.1 Å². The van der Waals surface area contributed by atoms with Crippen LogP contribution in [0.4, 0.5) is 11.4 Å². The molecule has 0 bridgehead atoms. The van der Waals surface area contributed by atoms with Gasteiger partial charge in [0.2, 0.25) is 0 Å². The molecule has 1 amide bonds. The van der Waals surface area contributed by atoms with Crippen molar-refractivity contribution >= 4 is 17.3 Å². The predicted molar refractivity (Wildman–Crippen MR) is 98.0 cm³/mol. The molecule has 3 rings (SSSR count). The lowest BCUT2D eigenvalue weighted by atomic mass is 9.86. The Morgan fingerprint density at radius 3 is 2.56 bits per heavy atom. The number of benzene rings is 1. The standard InChI is InChI=1S/C19H27N3O3/c1-14-7-3-4-8-16(14)20-19(23)15-9-10-17(18(13-15)22(24)25)21-11-5-2-6-12-21/h9-10,13-14,16H,2-8,11-12H2,1H3,(H,20,23)/t14-,16-/m1/s1. The van der Waals surface area contributed by atoms with Gasteiger partial charge in [-0.05, 0) is 50.2 Å². The zero-order chi connectivity index (χ0) is 17.8. The Labute approximate surface area is 148 Å². The molecule has 2 atom stereocenters. The van der Waals surface area contributed by atoms with Gasteiger partial charge in [0.25, 0.3) is 11.6 Å². The molecule has 1 aliphatic carbocycles. The number of amides is 1. The normalized spacial score (nSPS) is 24.0. The molecule has 6 nitrogen and oxygen atoms in total. The third-order valence-electron chi connectivity index (χ3n) is 5.56. The Bertz CT molecular complexity index is 641. The van der Waals surface area contributed by atoms with Gasteiger partial charge in [-0.2, -0.15) is 0 Å². The minimum absolute atomic E-state index is 0.0336. The van der Waals surface area contributed by atoms with Crippen molar-refractivity contribution in [2.24, 2.45) is 5.92 Å². The lowest BCUT2D eigenvalue weighted by Crippen LogP contribution is -2.41. The SMILES string of the molecule is C[C@@H]1CCCC[C@H]1NC(=O)c1ccc(N2CCCCC2)c([N+](=O)[O-])c1. The molecule has 2 fully saturated rings. The Morgan fingerprint density at radius 2 is 1.88 bits per heavy atom. The van der Waals surface area contributed by atoms with Crippen molar-refractivity contribution in [3.05, 3.63) is 33.9 Å². The van der Waals surface area contributed by atoms with Gasteiger partial charge >= 0.3 is 0 Å². The molecular formula is C19H27N3O3. The van der Waals surface area contributed by atoms with E-state index in [4.69, 9.17) is 0 Å². The van der Waals surface area contributed by atoms with E-state index < -0.39 is 0 Å². The van der Waals surface area contributed by atoms with Crippen LogP contribution in [0, 0.1) is 16.0 Å². The zero-order valence-corrected chi connectivity index (χ0v) is 14.9. The summed E-state index contributed by atoms with van der Waals surface area (Å²) < 4.78 is 0. The minimum Gasteiger partial charge on any atom is -0.366 e. The fourth-order valence-electron chi connectivity index (χ4n) is 4.00. The number of nitrogens with zero attached hydrogens (tertiary/aromatic N) is 2. The predicted octanol–water partition coefficient (Wildman–Crippen LogP) is 3.89. The number of hydrogen-bond acceptors (Lipinski definition) is 4. The molecule has 0 unspecified atom stereocenters. The summed E-state index contributed by atoms with van der Waals surface area (Å²) in [7, 11) is 0. The third kappa shape index (κ3) is 4.11. The lowest BCUT2D eigenvalue weighted by molar-refractivity contribution is -0.384. The number of nitro benzene ring substituents is 1. The van der Waals surface area contributed by atoms with Gasteiger partial charge in [0, 0.05) is 30.8 Å². The van der Waals surface area contributed by atoms with E-state index >= 15 is 0 Å². The van der Waals surface area contributed by atoms with Crippen molar-refractivity contribution in [3.63, 3.8) is 0 Å². The van der Waals surface area contributed by atoms with Crippen molar-refractivity contribution in [2.45, 2.75) is 57.9 Å². The van der Waals surface area contributed by atoms with Gasteiger partial charge < -0.3 is 10.2 Å². The summed E-state index contributed by atoms with van der Waals surface area (Å²) in [6.07, 6.45) is 7.73. The Morgan fingerprint density at radius 1 is 1.16 bits per heavy atom. The molecule has 0 aromatic heterocycles. The van der Waals surface area contributed by atoms with E-state index in [1.807, 2.05) is 0 Å². The summed E-state index contributed by atoms with van der Waals surface area (Å²) in [6, 6.07) is 5.07. The first kappa shape index (κ1) is 17.7. The van der Waals surface area contributed by atoms with Crippen LogP contribution in [0.15, 0.2) is 18.2 Å². The highest BCUT2D eigenvalue weighted by Crippen LogP contribution is 2.31. The Hall–Kier alpha value is -2.11. The smallest absolute Gasteiger partial charge is 0.293 e. The molecule has 0 radical (unpaired) electrons. The number of nitrogens with one attached hydrogen (secondary N) is 1. The quantitative estimate of drug-likeness (QED) is 0.663. The first-order valence-electron chi connectivity index (χ1n) is 9.40. The second-order valence-corrected chi connectivity index (χ2v) is 7.35. The molecule has 1 saturated carbocycles. The van der Waals surface area contributed by atoms with Gasteiger partial charge in [-0.3, -0.25) is 14.9 Å². The van der Waals surface area contributed by atoms with Gasteiger partial charge in [0.05, 0.1) is 4.92 Å². The molecule has 1 aromatic carbocycles. The number of anilines is 1. The van der Waals surface area contributed by atoms with Crippen LogP contribution in [0.1, 0.15) is 62.2 Å². The number of carbonyl (C=O) groups is 1. The molecule has 1 N–H and O–H groups in total. The van der Waals surface area contributed by atoms with E-state index in [9.17, 15) is 14.9 Å². The highest BCUT2D eigenvalue weighted by molar-refractivity contribution is 5.96. The largest absolute Gasteiger partial charge is 0.366 e. The summed E-state index contributed by atoms with van der Waals surface area (Å²) in [5, 5.41) is 14.6. The van der Waals surface area contributed by atoms with Crippen LogP contribution in [0.2, 0.25) is 0 Å². The monoisotopic (exact) mass is 345 g/mol. The average molecular weight is 345 g/mol. The first-order valence-corrected chi connectivity index (χ1v) is 9.40. The number of hydrogen-bond donors (Lipinski definition) is 1. The molecule has 6 heteroatoms. The molecule has 2 aliphatic rings. The summed E-state index contributed by atoms with van der Waals surface area (Å²) in [4.78, 5) is 25.8. The van der Waals surface area contributed by atoms with E-state index in [0.29, 0.717) is 17.2 Å². The average Bonchev–Trinajstić information content (AvgIpc) is 2.63. The van der Waals surface area contributed by atoms with Crippen LogP contribution in [-0.4, -0.2) is 30.0 Å². The number of nitro groups is 1. The summed E-state index contributed by atoms with van der Waals surface area (Å²) in [5.41, 5.74) is 1.05. The van der Waals surface area contributed by atoms with Gasteiger partial charge in [-0.15, -0.1) is 0 Å². The maximum atomic E-state index is 12.6. The van der Waals surface area contributed by atoms with Crippen LogP contribution in [0.25, 0.3) is 0 Å². The molecule has 1 aromatic rings. The van der Waals surface area contributed by atoms with E-state index in [1.165, 1.54) is 18.9 Å². The van der Waals surface area contributed by atoms with Crippen molar-refractivity contribution in [3.8, 4) is 0 Å². The number of rotatable bonds is 4. The van der Waals surface area contributed by atoms with Gasteiger partial charge in [-0.1, -0.05) is 19.8 Å². The molecular weight excluding hydrogens is 318 g/mol. The number of carbonyl (C=O) groups excluding carboxylic acids is 1. The molecule has 1 aliphatic heterocycles. The second kappa shape index (κ2) is 7.85. The second-order valence-electron chi connectivity index (χ2n) is 7.35. The minimum atomic E-state index is -0.371. The van der Waals surface area contributed by atoms with E-state index in [1.54, 1.807) is 12.1 Å².